The Morgan fingerprint density at radius 2 is 1.94 bits per heavy atom. The molecule has 0 N–H and O–H groups in total. The molecule has 17 heavy (non-hydrogen) atoms. The van der Waals surface area contributed by atoms with Gasteiger partial charge >= 0.3 is 0 Å². The number of carbonyl (C=O) groups excluding carboxylic acids is 1. The molecule has 0 aliphatic heterocycles. The summed E-state index contributed by atoms with van der Waals surface area (Å²) in [5, 5.41) is 0. The zero-order valence-electron chi connectivity index (χ0n) is 9.06. The molecule has 2 aromatic rings. The zero-order valence-corrected chi connectivity index (χ0v) is 11.4. The van der Waals surface area contributed by atoms with Crippen molar-refractivity contribution in [2.24, 2.45) is 0 Å². The van der Waals surface area contributed by atoms with Crippen LogP contribution in [0, 0.1) is 0 Å². The van der Waals surface area contributed by atoms with E-state index in [2.05, 4.69) is 12.1 Å². The van der Waals surface area contributed by atoms with E-state index in [1.54, 1.807) is 23.9 Å². The molecule has 0 atom stereocenters. The molecule has 1 aromatic carbocycles. The van der Waals surface area contributed by atoms with Gasteiger partial charge in [0.05, 0.1) is 9.21 Å². The maximum absolute atomic E-state index is 11.8. The topological polar surface area (TPSA) is 17.1 Å². The third-order valence-electron chi connectivity index (χ3n) is 2.19. The molecule has 88 valence electrons. The van der Waals surface area contributed by atoms with Gasteiger partial charge in [0.2, 0.25) is 0 Å². The number of thiophene rings is 1. The summed E-state index contributed by atoms with van der Waals surface area (Å²) in [5.41, 5.74) is 0. The molecular formula is C13H11ClOS2. The van der Waals surface area contributed by atoms with Crippen LogP contribution in [0.5, 0.6) is 0 Å². The number of hydrogen-bond acceptors (Lipinski definition) is 3. The van der Waals surface area contributed by atoms with Crippen molar-refractivity contribution < 1.29 is 4.79 Å². The summed E-state index contributed by atoms with van der Waals surface area (Å²) in [7, 11) is 0. The van der Waals surface area contributed by atoms with Crippen LogP contribution >= 0.6 is 34.7 Å². The molecule has 4 heteroatoms. The van der Waals surface area contributed by atoms with Gasteiger partial charge in [0.15, 0.2) is 5.78 Å². The minimum Gasteiger partial charge on any atom is -0.293 e. The van der Waals surface area contributed by atoms with Crippen LogP contribution in [0.15, 0.2) is 47.4 Å². The maximum atomic E-state index is 11.8. The van der Waals surface area contributed by atoms with Crippen LogP contribution in [-0.4, -0.2) is 11.5 Å². The average molecular weight is 283 g/mol. The summed E-state index contributed by atoms with van der Waals surface area (Å²) in [4.78, 5) is 13.7. The van der Waals surface area contributed by atoms with Gasteiger partial charge in [-0.2, -0.15) is 0 Å². The van der Waals surface area contributed by atoms with Crippen molar-refractivity contribution in [2.75, 3.05) is 5.75 Å². The molecular weight excluding hydrogens is 272 g/mol. The van der Waals surface area contributed by atoms with Crippen molar-refractivity contribution in [3.8, 4) is 0 Å². The van der Waals surface area contributed by atoms with Crippen molar-refractivity contribution in [3.05, 3.63) is 51.7 Å². The summed E-state index contributed by atoms with van der Waals surface area (Å²) in [5.74, 6) is 0.976. The van der Waals surface area contributed by atoms with E-state index in [0.29, 0.717) is 10.8 Å². The predicted molar refractivity (Wildman–Crippen MR) is 75.4 cm³/mol. The Kier molecular flexibility index (Phi) is 4.66. The fourth-order valence-electron chi connectivity index (χ4n) is 1.37. The number of carbonyl (C=O) groups is 1. The summed E-state index contributed by atoms with van der Waals surface area (Å²) >= 11 is 8.85. The minimum absolute atomic E-state index is 0.172. The van der Waals surface area contributed by atoms with Crippen LogP contribution in [0.25, 0.3) is 0 Å². The predicted octanol–water partition coefficient (Wildman–Crippen LogP) is 4.77. The Hall–Kier alpha value is -0.770. The van der Waals surface area contributed by atoms with Crippen LogP contribution < -0.4 is 0 Å². The summed E-state index contributed by atoms with van der Waals surface area (Å²) < 4.78 is 0.670. The highest BCUT2D eigenvalue weighted by Gasteiger charge is 2.08. The molecule has 2 rings (SSSR count). The second-order valence-corrected chi connectivity index (χ2v) is 6.32. The van der Waals surface area contributed by atoms with E-state index < -0.39 is 0 Å². The van der Waals surface area contributed by atoms with Gasteiger partial charge in [-0.3, -0.25) is 4.79 Å². The molecule has 0 saturated heterocycles. The van der Waals surface area contributed by atoms with Gasteiger partial charge in [0.1, 0.15) is 0 Å². The number of ketones is 1. The highest BCUT2D eigenvalue weighted by atomic mass is 35.5. The molecule has 0 bridgehead atoms. The molecule has 0 amide bonds. The van der Waals surface area contributed by atoms with Crippen LogP contribution in [0.1, 0.15) is 16.1 Å². The maximum Gasteiger partial charge on any atom is 0.173 e. The first kappa shape index (κ1) is 12.7. The highest BCUT2D eigenvalue weighted by Crippen LogP contribution is 2.24. The fraction of sp³-hybridized carbons (Fsp3) is 0.154. The van der Waals surface area contributed by atoms with E-state index in [1.807, 2.05) is 18.2 Å². The second-order valence-electron chi connectivity index (χ2n) is 3.44. The lowest BCUT2D eigenvalue weighted by Crippen LogP contribution is -1.97. The Morgan fingerprint density at radius 3 is 2.59 bits per heavy atom. The van der Waals surface area contributed by atoms with E-state index in [-0.39, 0.29) is 5.78 Å². The second kappa shape index (κ2) is 6.24. The number of halogens is 1. The van der Waals surface area contributed by atoms with Gasteiger partial charge in [0, 0.05) is 17.1 Å². The Morgan fingerprint density at radius 1 is 1.18 bits per heavy atom. The largest absolute Gasteiger partial charge is 0.293 e. The zero-order chi connectivity index (χ0) is 12.1. The lowest BCUT2D eigenvalue weighted by molar-refractivity contribution is 0.0993. The number of rotatable bonds is 5. The van der Waals surface area contributed by atoms with Crippen LogP contribution in [0.4, 0.5) is 0 Å². The normalized spacial score (nSPS) is 10.4. The molecule has 1 heterocycles. The molecule has 0 spiro atoms. The van der Waals surface area contributed by atoms with Gasteiger partial charge in [-0.1, -0.05) is 29.8 Å². The van der Waals surface area contributed by atoms with Crippen molar-refractivity contribution in [3.63, 3.8) is 0 Å². The van der Waals surface area contributed by atoms with Crippen molar-refractivity contribution in [2.45, 2.75) is 11.3 Å². The smallest absolute Gasteiger partial charge is 0.173 e. The van der Waals surface area contributed by atoms with Crippen LogP contribution in [0.2, 0.25) is 4.34 Å². The van der Waals surface area contributed by atoms with Gasteiger partial charge in [0.25, 0.3) is 0 Å². The van der Waals surface area contributed by atoms with E-state index in [9.17, 15) is 4.79 Å². The third-order valence-corrected chi connectivity index (χ3v) is 4.48. The third kappa shape index (κ3) is 3.87. The molecule has 0 aliphatic carbocycles. The van der Waals surface area contributed by atoms with E-state index in [1.165, 1.54) is 16.2 Å². The van der Waals surface area contributed by atoms with Crippen molar-refractivity contribution >= 4 is 40.5 Å². The molecule has 0 fully saturated rings. The lowest BCUT2D eigenvalue weighted by atomic mass is 10.3. The SMILES string of the molecule is O=C(CCSc1ccccc1)c1ccc(Cl)s1. The van der Waals surface area contributed by atoms with Gasteiger partial charge in [-0.25, -0.2) is 0 Å². The van der Waals surface area contributed by atoms with Gasteiger partial charge in [-0.15, -0.1) is 23.1 Å². The average Bonchev–Trinajstić information content (AvgIpc) is 2.77. The quantitative estimate of drug-likeness (QED) is 0.581. The van der Waals surface area contributed by atoms with E-state index in [4.69, 9.17) is 11.6 Å². The highest BCUT2D eigenvalue weighted by molar-refractivity contribution is 7.99. The Balaban J connectivity index is 1.81. The van der Waals surface area contributed by atoms with Gasteiger partial charge in [-0.05, 0) is 24.3 Å². The first-order valence-corrected chi connectivity index (χ1v) is 7.40. The monoisotopic (exact) mass is 282 g/mol. The summed E-state index contributed by atoms with van der Waals surface area (Å²) in [6.07, 6.45) is 0.552. The molecule has 0 radical (unpaired) electrons. The standard InChI is InChI=1S/C13H11ClOS2/c14-13-7-6-12(17-13)11(15)8-9-16-10-4-2-1-3-5-10/h1-7H,8-9H2. The number of benzene rings is 1. The Bertz CT molecular complexity index is 493. The van der Waals surface area contributed by atoms with Crippen molar-refractivity contribution in [1.82, 2.24) is 0 Å². The van der Waals surface area contributed by atoms with E-state index >= 15 is 0 Å². The Labute approximate surface area is 114 Å². The first-order valence-electron chi connectivity index (χ1n) is 5.22. The lowest BCUT2D eigenvalue weighted by Gasteiger charge is -1.99. The summed E-state index contributed by atoms with van der Waals surface area (Å²) in [6, 6.07) is 13.7. The number of hydrogen-bond donors (Lipinski definition) is 0. The number of thioether (sulfide) groups is 1. The molecule has 0 aliphatic rings. The number of Topliss-reactive ketones (excluding diaryl/α,β-unsaturated/α-hetero) is 1. The first-order chi connectivity index (χ1) is 8.25. The van der Waals surface area contributed by atoms with E-state index in [0.717, 1.165) is 10.6 Å². The molecule has 1 nitrogen and oxygen atoms in total. The molecule has 0 saturated carbocycles. The summed E-state index contributed by atoms with van der Waals surface area (Å²) in [6.45, 7) is 0. The minimum atomic E-state index is 0.172. The molecule has 0 unspecified atom stereocenters. The van der Waals surface area contributed by atoms with Crippen LogP contribution in [-0.2, 0) is 0 Å². The fourth-order valence-corrected chi connectivity index (χ4v) is 3.25. The molecule has 1 aromatic heterocycles. The van der Waals surface area contributed by atoms with Crippen LogP contribution in [0.3, 0.4) is 0 Å². The van der Waals surface area contributed by atoms with Crippen molar-refractivity contribution in [1.29, 1.82) is 0 Å². The van der Waals surface area contributed by atoms with Gasteiger partial charge < -0.3 is 0 Å².